The summed E-state index contributed by atoms with van der Waals surface area (Å²) in [7, 11) is 0. The van der Waals surface area contributed by atoms with Crippen molar-refractivity contribution >= 4 is 0 Å². The second-order valence-corrected chi connectivity index (χ2v) is 4.32. The molecule has 1 aliphatic rings. The lowest BCUT2D eigenvalue weighted by Gasteiger charge is -2.24. The Morgan fingerprint density at radius 2 is 2.15 bits per heavy atom. The molecule has 1 atom stereocenters. The third kappa shape index (κ3) is 5.27. The molecule has 0 radical (unpaired) electrons. The van der Waals surface area contributed by atoms with Crippen LogP contribution in [0.3, 0.4) is 0 Å². The van der Waals surface area contributed by atoms with E-state index in [1.807, 2.05) is 6.92 Å². The van der Waals surface area contributed by atoms with Crippen LogP contribution in [-0.2, 0) is 4.74 Å². The summed E-state index contributed by atoms with van der Waals surface area (Å²) in [6.45, 7) is 3.91. The Hall–Kier alpha value is -0.0800. The molecule has 1 rings (SSSR count). The van der Waals surface area contributed by atoms with Crippen LogP contribution in [0.1, 0.15) is 45.4 Å². The van der Waals surface area contributed by atoms with E-state index in [0.29, 0.717) is 6.04 Å². The highest BCUT2D eigenvalue weighted by Crippen LogP contribution is 2.29. The molecule has 78 valence electrons. The molecule has 1 aliphatic carbocycles. The predicted octanol–water partition coefficient (Wildman–Crippen LogP) is 2.32. The van der Waals surface area contributed by atoms with Gasteiger partial charge in [0.25, 0.3) is 0 Å². The summed E-state index contributed by atoms with van der Waals surface area (Å²) >= 11 is 0. The standard InChI is InChI=1S/C11H23NO/c1-10(12)4-3-8-13-9-7-11-5-2-6-11/h10-11H,2-9,12H2,1H3. The van der Waals surface area contributed by atoms with Gasteiger partial charge in [-0.05, 0) is 32.1 Å². The molecule has 13 heavy (non-hydrogen) atoms. The number of nitrogens with two attached hydrogens (primary N) is 1. The van der Waals surface area contributed by atoms with Gasteiger partial charge in [0.2, 0.25) is 0 Å². The van der Waals surface area contributed by atoms with Gasteiger partial charge >= 0.3 is 0 Å². The van der Waals surface area contributed by atoms with Crippen molar-refractivity contribution in [1.29, 1.82) is 0 Å². The van der Waals surface area contributed by atoms with Crippen molar-refractivity contribution in [1.82, 2.24) is 0 Å². The summed E-state index contributed by atoms with van der Waals surface area (Å²) in [5.74, 6) is 0.980. The molecule has 2 nitrogen and oxygen atoms in total. The van der Waals surface area contributed by atoms with Gasteiger partial charge in [0.05, 0.1) is 0 Å². The van der Waals surface area contributed by atoms with Crippen LogP contribution >= 0.6 is 0 Å². The first-order valence-electron chi connectivity index (χ1n) is 5.62. The summed E-state index contributed by atoms with van der Waals surface area (Å²) in [6, 6.07) is 0.329. The van der Waals surface area contributed by atoms with Crippen molar-refractivity contribution in [3.05, 3.63) is 0 Å². The Labute approximate surface area is 81.8 Å². The monoisotopic (exact) mass is 185 g/mol. The SMILES string of the molecule is CC(N)CCCOCCC1CCC1. The van der Waals surface area contributed by atoms with Crippen LogP contribution in [0.5, 0.6) is 0 Å². The molecule has 0 bridgehead atoms. The van der Waals surface area contributed by atoms with E-state index < -0.39 is 0 Å². The molecule has 0 aliphatic heterocycles. The molecule has 0 heterocycles. The smallest absolute Gasteiger partial charge is 0.0468 e. The molecule has 0 amide bonds. The first kappa shape index (κ1) is 11.0. The fourth-order valence-electron chi connectivity index (χ4n) is 1.64. The number of hydrogen-bond donors (Lipinski definition) is 1. The Morgan fingerprint density at radius 3 is 2.69 bits per heavy atom. The van der Waals surface area contributed by atoms with Gasteiger partial charge in [-0.15, -0.1) is 0 Å². The van der Waals surface area contributed by atoms with Gasteiger partial charge in [-0.25, -0.2) is 0 Å². The van der Waals surface area contributed by atoms with E-state index in [-0.39, 0.29) is 0 Å². The van der Waals surface area contributed by atoms with E-state index in [0.717, 1.165) is 32.0 Å². The molecule has 0 aromatic heterocycles. The lowest BCUT2D eigenvalue weighted by atomic mass is 9.83. The Kier molecular flexibility index (Phi) is 5.40. The minimum atomic E-state index is 0.329. The van der Waals surface area contributed by atoms with E-state index in [4.69, 9.17) is 10.5 Å². The Balaban J connectivity index is 1.73. The van der Waals surface area contributed by atoms with Crippen molar-refractivity contribution < 1.29 is 4.74 Å². The molecule has 1 saturated carbocycles. The Bertz CT molecular complexity index is 121. The molecule has 0 aromatic carbocycles. The number of ether oxygens (including phenoxy) is 1. The normalized spacial score (nSPS) is 19.8. The summed E-state index contributed by atoms with van der Waals surface area (Å²) in [5, 5.41) is 0. The predicted molar refractivity (Wildman–Crippen MR) is 55.7 cm³/mol. The van der Waals surface area contributed by atoms with E-state index in [1.54, 1.807) is 0 Å². The molecular weight excluding hydrogens is 162 g/mol. The minimum absolute atomic E-state index is 0.329. The van der Waals surface area contributed by atoms with Crippen molar-refractivity contribution in [3.63, 3.8) is 0 Å². The van der Waals surface area contributed by atoms with Crippen molar-refractivity contribution in [3.8, 4) is 0 Å². The molecule has 0 aromatic rings. The molecule has 0 saturated heterocycles. The average molecular weight is 185 g/mol. The molecular formula is C11H23NO. The fourth-order valence-corrected chi connectivity index (χ4v) is 1.64. The second kappa shape index (κ2) is 6.39. The van der Waals surface area contributed by atoms with Crippen LogP contribution in [0.4, 0.5) is 0 Å². The first-order valence-corrected chi connectivity index (χ1v) is 5.62. The average Bonchev–Trinajstić information content (AvgIpc) is 1.99. The van der Waals surface area contributed by atoms with E-state index in [9.17, 15) is 0 Å². The molecule has 2 N–H and O–H groups in total. The van der Waals surface area contributed by atoms with Crippen molar-refractivity contribution in [2.24, 2.45) is 11.7 Å². The molecule has 1 unspecified atom stereocenters. The van der Waals surface area contributed by atoms with Gasteiger partial charge in [-0.2, -0.15) is 0 Å². The quantitative estimate of drug-likeness (QED) is 0.618. The lowest BCUT2D eigenvalue weighted by molar-refractivity contribution is 0.103. The van der Waals surface area contributed by atoms with Crippen LogP contribution in [0, 0.1) is 5.92 Å². The lowest BCUT2D eigenvalue weighted by Crippen LogP contribution is -2.16. The van der Waals surface area contributed by atoms with Gasteiger partial charge in [0.15, 0.2) is 0 Å². The molecule has 1 fully saturated rings. The summed E-state index contributed by atoms with van der Waals surface area (Å²) < 4.78 is 5.53. The van der Waals surface area contributed by atoms with Crippen LogP contribution < -0.4 is 5.73 Å². The zero-order valence-corrected chi connectivity index (χ0v) is 8.80. The topological polar surface area (TPSA) is 35.2 Å². The molecule has 2 heteroatoms. The maximum Gasteiger partial charge on any atom is 0.0468 e. The van der Waals surface area contributed by atoms with Gasteiger partial charge < -0.3 is 10.5 Å². The van der Waals surface area contributed by atoms with E-state index >= 15 is 0 Å². The largest absolute Gasteiger partial charge is 0.381 e. The van der Waals surface area contributed by atoms with Crippen LogP contribution in [-0.4, -0.2) is 19.3 Å². The highest BCUT2D eigenvalue weighted by Gasteiger charge is 2.16. The minimum Gasteiger partial charge on any atom is -0.381 e. The van der Waals surface area contributed by atoms with Crippen molar-refractivity contribution in [2.75, 3.05) is 13.2 Å². The van der Waals surface area contributed by atoms with Gasteiger partial charge in [0, 0.05) is 19.3 Å². The maximum atomic E-state index is 5.63. The molecule has 0 spiro atoms. The van der Waals surface area contributed by atoms with Gasteiger partial charge in [0.1, 0.15) is 0 Å². The third-order valence-electron chi connectivity index (χ3n) is 2.84. The van der Waals surface area contributed by atoms with Crippen LogP contribution in [0.25, 0.3) is 0 Å². The maximum absolute atomic E-state index is 5.63. The Morgan fingerprint density at radius 1 is 1.38 bits per heavy atom. The van der Waals surface area contributed by atoms with Crippen LogP contribution in [0.2, 0.25) is 0 Å². The van der Waals surface area contributed by atoms with Crippen molar-refractivity contribution in [2.45, 2.75) is 51.5 Å². The number of hydrogen-bond acceptors (Lipinski definition) is 2. The van der Waals surface area contributed by atoms with Gasteiger partial charge in [-0.1, -0.05) is 19.3 Å². The van der Waals surface area contributed by atoms with Gasteiger partial charge in [-0.3, -0.25) is 0 Å². The van der Waals surface area contributed by atoms with E-state index in [1.165, 1.54) is 25.7 Å². The fraction of sp³-hybridized carbons (Fsp3) is 1.00. The highest BCUT2D eigenvalue weighted by atomic mass is 16.5. The zero-order chi connectivity index (χ0) is 9.52. The summed E-state index contributed by atoms with van der Waals surface area (Å²) in [6.07, 6.45) is 7.78. The van der Waals surface area contributed by atoms with E-state index in [2.05, 4.69) is 0 Å². The third-order valence-corrected chi connectivity index (χ3v) is 2.84. The zero-order valence-electron chi connectivity index (χ0n) is 8.80. The summed E-state index contributed by atoms with van der Waals surface area (Å²) in [5.41, 5.74) is 5.63. The number of rotatable bonds is 7. The summed E-state index contributed by atoms with van der Waals surface area (Å²) in [4.78, 5) is 0. The second-order valence-electron chi connectivity index (χ2n) is 4.32. The first-order chi connectivity index (χ1) is 6.29. The highest BCUT2D eigenvalue weighted by molar-refractivity contribution is 4.68. The van der Waals surface area contributed by atoms with Crippen LogP contribution in [0.15, 0.2) is 0 Å².